The van der Waals surface area contributed by atoms with E-state index in [0.717, 1.165) is 15.8 Å². The Hall–Kier alpha value is -1.27. The number of thiophene rings is 1. The Morgan fingerprint density at radius 3 is 2.88 bits per heavy atom. The van der Waals surface area contributed by atoms with Crippen molar-refractivity contribution >= 4 is 23.4 Å². The number of halogens is 2. The maximum Gasteiger partial charge on any atom is 0.328 e. The van der Waals surface area contributed by atoms with Crippen molar-refractivity contribution in [3.63, 3.8) is 0 Å². The van der Waals surface area contributed by atoms with Gasteiger partial charge in [-0.1, -0.05) is 0 Å². The molecule has 0 fully saturated rings. The van der Waals surface area contributed by atoms with Gasteiger partial charge in [0.2, 0.25) is 0 Å². The summed E-state index contributed by atoms with van der Waals surface area (Å²) in [7, 11) is 1.62. The average Bonchev–Trinajstić information content (AvgIpc) is 2.61. The highest BCUT2D eigenvalue weighted by molar-refractivity contribution is 7.12. The van der Waals surface area contributed by atoms with Crippen LogP contribution in [0.5, 0.6) is 0 Å². The van der Waals surface area contributed by atoms with Crippen LogP contribution in [0.1, 0.15) is 9.75 Å². The zero-order valence-corrected chi connectivity index (χ0v) is 10.1. The van der Waals surface area contributed by atoms with Gasteiger partial charge in [-0.25, -0.2) is 13.6 Å². The monoisotopic (exact) mass is 261 g/mol. The van der Waals surface area contributed by atoms with E-state index in [9.17, 15) is 13.6 Å². The highest BCUT2D eigenvalue weighted by Crippen LogP contribution is 2.19. The zero-order chi connectivity index (χ0) is 12.8. The molecule has 6 heteroatoms. The summed E-state index contributed by atoms with van der Waals surface area (Å²) >= 11 is 1.39. The Kier molecular flexibility index (Phi) is 5.24. The van der Waals surface area contributed by atoms with Crippen molar-refractivity contribution < 1.29 is 18.7 Å². The third-order valence-electron chi connectivity index (χ3n) is 1.95. The summed E-state index contributed by atoms with van der Waals surface area (Å²) in [5.74, 6) is -1.00. The molecule has 1 N–H and O–H groups in total. The number of hydrogen-bond acceptors (Lipinski definition) is 3. The van der Waals surface area contributed by atoms with E-state index in [-0.39, 0.29) is 6.54 Å². The lowest BCUT2D eigenvalue weighted by Crippen LogP contribution is -2.23. The van der Waals surface area contributed by atoms with E-state index in [1.54, 1.807) is 13.1 Å². The number of aliphatic carboxylic acids is 1. The van der Waals surface area contributed by atoms with Crippen LogP contribution in [0.2, 0.25) is 0 Å². The molecule has 1 heterocycles. The van der Waals surface area contributed by atoms with Gasteiger partial charge in [0, 0.05) is 22.4 Å². The van der Waals surface area contributed by atoms with Crippen LogP contribution >= 0.6 is 11.3 Å². The molecule has 0 radical (unpaired) electrons. The molecular formula is C11H13F2NO2S. The van der Waals surface area contributed by atoms with Gasteiger partial charge in [-0.2, -0.15) is 0 Å². The molecule has 0 saturated carbocycles. The van der Waals surface area contributed by atoms with Crippen LogP contribution in [0.3, 0.4) is 0 Å². The number of carboxylic acid groups (broad SMARTS) is 1. The Bertz CT molecular complexity index is 404. The fraction of sp³-hybridized carbons (Fsp3) is 0.364. The minimum atomic E-state index is -2.34. The van der Waals surface area contributed by atoms with Crippen molar-refractivity contribution in [1.82, 2.24) is 4.90 Å². The SMILES string of the molecule is CN(Cc1ccc(/C=C/C(=O)O)s1)CC(F)F. The maximum atomic E-state index is 12.1. The van der Waals surface area contributed by atoms with E-state index >= 15 is 0 Å². The van der Waals surface area contributed by atoms with Gasteiger partial charge in [0.15, 0.2) is 0 Å². The largest absolute Gasteiger partial charge is 0.478 e. The molecule has 0 spiro atoms. The van der Waals surface area contributed by atoms with Gasteiger partial charge in [0.05, 0.1) is 6.54 Å². The van der Waals surface area contributed by atoms with Gasteiger partial charge in [-0.15, -0.1) is 11.3 Å². The summed E-state index contributed by atoms with van der Waals surface area (Å²) in [6.45, 7) is 0.175. The van der Waals surface area contributed by atoms with Crippen LogP contribution < -0.4 is 0 Å². The number of hydrogen-bond donors (Lipinski definition) is 1. The molecular weight excluding hydrogens is 248 g/mol. The molecule has 0 bridgehead atoms. The molecule has 1 aromatic heterocycles. The average molecular weight is 261 g/mol. The van der Waals surface area contributed by atoms with Crippen molar-refractivity contribution in [3.05, 3.63) is 28.0 Å². The molecule has 0 unspecified atom stereocenters. The molecule has 0 amide bonds. The molecule has 0 saturated heterocycles. The fourth-order valence-corrected chi connectivity index (χ4v) is 2.28. The quantitative estimate of drug-likeness (QED) is 0.800. The summed E-state index contributed by atoms with van der Waals surface area (Å²) in [4.78, 5) is 13.6. The number of alkyl halides is 2. The van der Waals surface area contributed by atoms with Crippen molar-refractivity contribution in [2.75, 3.05) is 13.6 Å². The van der Waals surface area contributed by atoms with Crippen LogP contribution in [0.25, 0.3) is 6.08 Å². The topological polar surface area (TPSA) is 40.5 Å². The molecule has 3 nitrogen and oxygen atoms in total. The van der Waals surface area contributed by atoms with Gasteiger partial charge >= 0.3 is 5.97 Å². The molecule has 1 aromatic rings. The van der Waals surface area contributed by atoms with Gasteiger partial charge in [0.1, 0.15) is 0 Å². The van der Waals surface area contributed by atoms with Crippen LogP contribution in [0, 0.1) is 0 Å². The Labute approximate surface area is 102 Å². The van der Waals surface area contributed by atoms with Gasteiger partial charge in [-0.3, -0.25) is 4.90 Å². The first-order valence-corrected chi connectivity index (χ1v) is 5.75. The normalized spacial score (nSPS) is 11.8. The van der Waals surface area contributed by atoms with Crippen molar-refractivity contribution in [3.8, 4) is 0 Å². The number of carboxylic acids is 1. The maximum absolute atomic E-state index is 12.1. The lowest BCUT2D eigenvalue weighted by molar-refractivity contribution is -0.131. The van der Waals surface area contributed by atoms with Crippen molar-refractivity contribution in [2.24, 2.45) is 0 Å². The molecule has 0 atom stereocenters. The van der Waals surface area contributed by atoms with Crippen molar-refractivity contribution in [1.29, 1.82) is 0 Å². The summed E-state index contributed by atoms with van der Waals surface area (Å²) in [5.41, 5.74) is 0. The first-order chi connectivity index (χ1) is 7.97. The third-order valence-corrected chi connectivity index (χ3v) is 2.98. The fourth-order valence-electron chi connectivity index (χ4n) is 1.29. The highest BCUT2D eigenvalue weighted by atomic mass is 32.1. The second-order valence-electron chi connectivity index (χ2n) is 3.56. The van der Waals surface area contributed by atoms with Crippen LogP contribution in [0.4, 0.5) is 8.78 Å². The van der Waals surface area contributed by atoms with E-state index in [4.69, 9.17) is 5.11 Å². The molecule has 0 aromatic carbocycles. The molecule has 0 aliphatic carbocycles. The molecule has 0 aliphatic heterocycles. The van der Waals surface area contributed by atoms with E-state index in [1.165, 1.54) is 22.3 Å². The molecule has 1 rings (SSSR count). The minimum absolute atomic E-state index is 0.266. The zero-order valence-electron chi connectivity index (χ0n) is 9.27. The first-order valence-electron chi connectivity index (χ1n) is 4.94. The Morgan fingerprint density at radius 1 is 1.59 bits per heavy atom. The third kappa shape index (κ3) is 5.55. The lowest BCUT2D eigenvalue weighted by Gasteiger charge is -2.14. The van der Waals surface area contributed by atoms with Gasteiger partial charge in [-0.05, 0) is 25.3 Å². The number of nitrogens with zero attached hydrogens (tertiary/aromatic N) is 1. The van der Waals surface area contributed by atoms with E-state index in [1.807, 2.05) is 6.07 Å². The summed E-state index contributed by atoms with van der Waals surface area (Å²) in [5, 5.41) is 8.45. The minimum Gasteiger partial charge on any atom is -0.478 e. The predicted molar refractivity (Wildman–Crippen MR) is 63.3 cm³/mol. The second kappa shape index (κ2) is 6.46. The standard InChI is InChI=1S/C11H13F2NO2S/c1-14(7-10(12)13)6-9-3-2-8(17-9)4-5-11(15)16/h2-5,10H,6-7H2,1H3,(H,15,16)/b5-4+. The number of rotatable bonds is 6. The van der Waals surface area contributed by atoms with Gasteiger partial charge in [0.25, 0.3) is 6.43 Å². The van der Waals surface area contributed by atoms with E-state index in [0.29, 0.717) is 6.54 Å². The molecule has 94 valence electrons. The first kappa shape index (κ1) is 13.8. The summed E-state index contributed by atoms with van der Waals surface area (Å²) in [6, 6.07) is 3.59. The smallest absolute Gasteiger partial charge is 0.328 e. The summed E-state index contributed by atoms with van der Waals surface area (Å²) in [6.07, 6.45) is 0.202. The molecule has 17 heavy (non-hydrogen) atoms. The lowest BCUT2D eigenvalue weighted by atomic mass is 10.4. The molecule has 0 aliphatic rings. The predicted octanol–water partition coefficient (Wildman–Crippen LogP) is 2.54. The van der Waals surface area contributed by atoms with Gasteiger partial charge < -0.3 is 5.11 Å². The van der Waals surface area contributed by atoms with Crippen molar-refractivity contribution in [2.45, 2.75) is 13.0 Å². The Morgan fingerprint density at radius 2 is 2.29 bits per heavy atom. The van der Waals surface area contributed by atoms with E-state index in [2.05, 4.69) is 0 Å². The second-order valence-corrected chi connectivity index (χ2v) is 4.76. The Balaban J connectivity index is 2.53. The highest BCUT2D eigenvalue weighted by Gasteiger charge is 2.09. The van der Waals surface area contributed by atoms with Crippen LogP contribution in [-0.2, 0) is 11.3 Å². The van der Waals surface area contributed by atoms with Crippen LogP contribution in [0.15, 0.2) is 18.2 Å². The van der Waals surface area contributed by atoms with Crippen LogP contribution in [-0.4, -0.2) is 36.0 Å². The summed E-state index contributed by atoms with van der Waals surface area (Å²) < 4.78 is 24.2. The van der Waals surface area contributed by atoms with E-state index < -0.39 is 12.4 Å². The number of carbonyl (C=O) groups is 1.